The Morgan fingerprint density at radius 1 is 1.40 bits per heavy atom. The first-order chi connectivity index (χ1) is 9.47. The molecule has 20 heavy (non-hydrogen) atoms. The van der Waals surface area contributed by atoms with Gasteiger partial charge in [0.25, 0.3) is 5.69 Å². The maximum absolute atomic E-state index is 11.4. The molecule has 0 radical (unpaired) electrons. The molecule has 0 heterocycles. The molecule has 0 aliphatic carbocycles. The fourth-order valence-electron chi connectivity index (χ4n) is 1.68. The first-order valence-electron chi connectivity index (χ1n) is 6.43. The van der Waals surface area contributed by atoms with Crippen LogP contribution in [-0.2, 0) is 4.79 Å². The molecule has 0 aliphatic heterocycles. The molecule has 0 spiro atoms. The van der Waals surface area contributed by atoms with Crippen LogP contribution in [0.2, 0.25) is 0 Å². The van der Waals surface area contributed by atoms with Crippen LogP contribution in [0.1, 0.15) is 13.3 Å². The summed E-state index contributed by atoms with van der Waals surface area (Å²) in [7, 11) is 3.27. The molecule has 0 saturated heterocycles. The highest BCUT2D eigenvalue weighted by molar-refractivity contribution is 5.81. The van der Waals surface area contributed by atoms with Gasteiger partial charge in [-0.05, 0) is 12.5 Å². The highest BCUT2D eigenvalue weighted by Crippen LogP contribution is 2.26. The van der Waals surface area contributed by atoms with Crippen LogP contribution in [0, 0.1) is 10.1 Å². The van der Waals surface area contributed by atoms with Crippen molar-refractivity contribution in [2.45, 2.75) is 13.3 Å². The number of nitro groups is 1. The summed E-state index contributed by atoms with van der Waals surface area (Å²) in [4.78, 5) is 23.6. The van der Waals surface area contributed by atoms with Crippen molar-refractivity contribution in [3.8, 4) is 0 Å². The molecule has 7 nitrogen and oxygen atoms in total. The summed E-state index contributed by atoms with van der Waals surface area (Å²) in [6, 6.07) is 4.75. The Labute approximate surface area is 118 Å². The Kier molecular flexibility index (Phi) is 5.76. The first-order valence-corrected chi connectivity index (χ1v) is 6.43. The number of likely N-dealkylation sites (N-methyl/N-ethyl adjacent to an activating group) is 2. The van der Waals surface area contributed by atoms with Gasteiger partial charge in [0.05, 0.1) is 11.5 Å². The van der Waals surface area contributed by atoms with Crippen molar-refractivity contribution >= 4 is 23.0 Å². The van der Waals surface area contributed by atoms with Crippen molar-refractivity contribution < 1.29 is 9.72 Å². The zero-order valence-corrected chi connectivity index (χ0v) is 12.0. The minimum atomic E-state index is -0.436. The zero-order valence-electron chi connectivity index (χ0n) is 12.0. The lowest BCUT2D eigenvalue weighted by Gasteiger charge is -2.19. The van der Waals surface area contributed by atoms with Crippen LogP contribution in [0.4, 0.5) is 17.1 Å². The molecule has 1 aromatic carbocycles. The summed E-state index contributed by atoms with van der Waals surface area (Å²) < 4.78 is 0. The lowest BCUT2D eigenvalue weighted by molar-refractivity contribution is -0.384. The van der Waals surface area contributed by atoms with Crippen molar-refractivity contribution in [3.63, 3.8) is 0 Å². The van der Waals surface area contributed by atoms with Crippen molar-refractivity contribution in [1.82, 2.24) is 5.32 Å². The maximum atomic E-state index is 11.4. The molecule has 0 aliphatic rings. The normalized spacial score (nSPS) is 9.95. The van der Waals surface area contributed by atoms with Crippen molar-refractivity contribution in [1.29, 1.82) is 0 Å². The van der Waals surface area contributed by atoms with Crippen LogP contribution < -0.4 is 15.5 Å². The zero-order chi connectivity index (χ0) is 15.1. The van der Waals surface area contributed by atoms with E-state index in [4.69, 9.17) is 0 Å². The third-order valence-corrected chi connectivity index (χ3v) is 2.79. The Balaban J connectivity index is 3.01. The van der Waals surface area contributed by atoms with Gasteiger partial charge in [-0.3, -0.25) is 14.9 Å². The second kappa shape index (κ2) is 7.32. The van der Waals surface area contributed by atoms with Crippen LogP contribution in [-0.4, -0.2) is 38.0 Å². The number of carbonyl (C=O) groups excluding carboxylic acids is 1. The SMILES string of the molecule is CCCNc1cc(N(C)CC(=O)NC)cc([N+](=O)[O-])c1. The number of nitrogens with zero attached hydrogens (tertiary/aromatic N) is 2. The maximum Gasteiger partial charge on any atom is 0.273 e. The average Bonchev–Trinajstić information content (AvgIpc) is 2.44. The molecule has 0 aromatic heterocycles. The number of carbonyl (C=O) groups is 1. The number of rotatable bonds is 7. The van der Waals surface area contributed by atoms with Crippen molar-refractivity contribution in [2.24, 2.45) is 0 Å². The van der Waals surface area contributed by atoms with Gasteiger partial charge in [0.1, 0.15) is 0 Å². The first kappa shape index (κ1) is 15.7. The quantitative estimate of drug-likeness (QED) is 0.585. The third kappa shape index (κ3) is 4.42. The molecular weight excluding hydrogens is 260 g/mol. The van der Waals surface area contributed by atoms with Crippen LogP contribution in [0.25, 0.3) is 0 Å². The second-order valence-corrected chi connectivity index (χ2v) is 4.45. The highest BCUT2D eigenvalue weighted by atomic mass is 16.6. The summed E-state index contributed by atoms with van der Waals surface area (Å²) in [5, 5.41) is 16.6. The van der Waals surface area contributed by atoms with E-state index >= 15 is 0 Å². The topological polar surface area (TPSA) is 87.5 Å². The van der Waals surface area contributed by atoms with Gasteiger partial charge < -0.3 is 15.5 Å². The van der Waals surface area contributed by atoms with Gasteiger partial charge in [0, 0.05) is 44.1 Å². The highest BCUT2D eigenvalue weighted by Gasteiger charge is 2.13. The number of nitro benzene ring substituents is 1. The van der Waals surface area contributed by atoms with Gasteiger partial charge in [-0.15, -0.1) is 0 Å². The molecule has 1 rings (SSSR count). The van der Waals surface area contributed by atoms with Crippen molar-refractivity contribution in [2.75, 3.05) is 37.4 Å². The number of anilines is 2. The van der Waals surface area contributed by atoms with Crippen molar-refractivity contribution in [3.05, 3.63) is 28.3 Å². The largest absolute Gasteiger partial charge is 0.385 e. The Morgan fingerprint density at radius 2 is 2.10 bits per heavy atom. The Bertz CT molecular complexity index is 491. The minimum absolute atomic E-state index is 0.00450. The van der Waals surface area contributed by atoms with Gasteiger partial charge in [0.2, 0.25) is 5.91 Å². The fourth-order valence-corrected chi connectivity index (χ4v) is 1.68. The summed E-state index contributed by atoms with van der Waals surface area (Å²) in [5.74, 6) is -0.151. The summed E-state index contributed by atoms with van der Waals surface area (Å²) in [5.41, 5.74) is 1.31. The lowest BCUT2D eigenvalue weighted by atomic mass is 10.2. The van der Waals surface area contributed by atoms with Crippen LogP contribution in [0.15, 0.2) is 18.2 Å². The van der Waals surface area contributed by atoms with E-state index in [1.165, 1.54) is 12.1 Å². The molecule has 0 bridgehead atoms. The Hall–Kier alpha value is -2.31. The number of hydrogen-bond acceptors (Lipinski definition) is 5. The molecule has 1 amide bonds. The second-order valence-electron chi connectivity index (χ2n) is 4.45. The van der Waals surface area contributed by atoms with Gasteiger partial charge in [-0.1, -0.05) is 6.92 Å². The van der Waals surface area contributed by atoms with E-state index in [2.05, 4.69) is 10.6 Å². The number of benzene rings is 1. The van der Waals surface area contributed by atoms with Gasteiger partial charge >= 0.3 is 0 Å². The van der Waals surface area contributed by atoms with E-state index in [0.29, 0.717) is 11.4 Å². The lowest BCUT2D eigenvalue weighted by Crippen LogP contribution is -2.32. The third-order valence-electron chi connectivity index (χ3n) is 2.79. The molecular formula is C13H20N4O3. The van der Waals surface area contributed by atoms with Crippen LogP contribution in [0.5, 0.6) is 0 Å². The number of hydrogen-bond donors (Lipinski definition) is 2. The predicted octanol–water partition coefficient (Wildman–Crippen LogP) is 1.60. The predicted molar refractivity (Wildman–Crippen MR) is 79.2 cm³/mol. The molecule has 0 fully saturated rings. The summed E-state index contributed by atoms with van der Waals surface area (Å²) >= 11 is 0. The monoisotopic (exact) mass is 280 g/mol. The standard InChI is InChI=1S/C13H20N4O3/c1-4-5-15-10-6-11(8-12(7-10)17(19)20)16(3)9-13(18)14-2/h6-8,15H,4-5,9H2,1-3H3,(H,14,18). The van der Waals surface area contributed by atoms with E-state index in [1.54, 1.807) is 25.1 Å². The van der Waals surface area contributed by atoms with E-state index in [0.717, 1.165) is 13.0 Å². The van der Waals surface area contributed by atoms with Gasteiger partial charge in [-0.25, -0.2) is 0 Å². The van der Waals surface area contributed by atoms with Gasteiger partial charge in [0.15, 0.2) is 0 Å². The molecule has 0 saturated carbocycles. The van der Waals surface area contributed by atoms with Crippen LogP contribution >= 0.6 is 0 Å². The summed E-state index contributed by atoms with van der Waals surface area (Å²) in [6.07, 6.45) is 0.923. The summed E-state index contributed by atoms with van der Waals surface area (Å²) in [6.45, 7) is 2.90. The van der Waals surface area contributed by atoms with Crippen LogP contribution in [0.3, 0.4) is 0 Å². The Morgan fingerprint density at radius 3 is 2.65 bits per heavy atom. The average molecular weight is 280 g/mol. The smallest absolute Gasteiger partial charge is 0.273 e. The van der Waals surface area contributed by atoms with Gasteiger partial charge in [-0.2, -0.15) is 0 Å². The fraction of sp³-hybridized carbons (Fsp3) is 0.462. The molecule has 2 N–H and O–H groups in total. The molecule has 1 aromatic rings. The molecule has 0 atom stereocenters. The minimum Gasteiger partial charge on any atom is -0.385 e. The molecule has 7 heteroatoms. The van der Waals surface area contributed by atoms with E-state index in [1.807, 2.05) is 6.92 Å². The molecule has 110 valence electrons. The number of nitrogens with one attached hydrogen (secondary N) is 2. The number of amides is 1. The molecule has 0 unspecified atom stereocenters. The number of non-ortho nitro benzene ring substituents is 1. The van der Waals surface area contributed by atoms with E-state index < -0.39 is 4.92 Å². The van der Waals surface area contributed by atoms with E-state index in [-0.39, 0.29) is 18.1 Å². The van der Waals surface area contributed by atoms with E-state index in [9.17, 15) is 14.9 Å².